The first-order valence-corrected chi connectivity index (χ1v) is 8.13. The summed E-state index contributed by atoms with van der Waals surface area (Å²) in [6.07, 6.45) is 7.16. The van der Waals surface area contributed by atoms with Crippen molar-refractivity contribution in [3.05, 3.63) is 30.1 Å². The topological polar surface area (TPSA) is 51.7 Å². The highest BCUT2D eigenvalue weighted by Crippen LogP contribution is 2.36. The zero-order chi connectivity index (χ0) is 15.4. The van der Waals surface area contributed by atoms with E-state index in [1.807, 2.05) is 24.0 Å². The van der Waals surface area contributed by atoms with Gasteiger partial charge in [-0.05, 0) is 30.5 Å². The maximum atomic E-state index is 11.9. The number of piperidine rings is 1. The molecular formula is C17H24N2O3. The highest BCUT2D eigenvalue weighted by atomic mass is 16.6. The van der Waals surface area contributed by atoms with E-state index in [1.165, 1.54) is 0 Å². The lowest BCUT2D eigenvalue weighted by molar-refractivity contribution is -0.138. The van der Waals surface area contributed by atoms with E-state index in [9.17, 15) is 4.79 Å². The third kappa shape index (κ3) is 3.47. The molecule has 5 heteroatoms. The van der Waals surface area contributed by atoms with Crippen LogP contribution in [0, 0.1) is 0 Å². The van der Waals surface area contributed by atoms with Crippen LogP contribution in [0.2, 0.25) is 0 Å². The van der Waals surface area contributed by atoms with Gasteiger partial charge in [0.05, 0.1) is 24.9 Å². The second kappa shape index (κ2) is 6.75. The lowest BCUT2D eigenvalue weighted by Crippen LogP contribution is -2.50. The smallest absolute Gasteiger partial charge is 0.222 e. The molecule has 0 N–H and O–H groups in total. The molecule has 2 aliphatic rings. The Morgan fingerprint density at radius 2 is 2.32 bits per heavy atom. The van der Waals surface area contributed by atoms with Crippen molar-refractivity contribution in [3.8, 4) is 0 Å². The van der Waals surface area contributed by atoms with E-state index in [-0.39, 0.29) is 17.6 Å². The first-order chi connectivity index (χ1) is 10.7. The molecule has 0 radical (unpaired) electrons. The van der Waals surface area contributed by atoms with E-state index >= 15 is 0 Å². The number of amides is 1. The van der Waals surface area contributed by atoms with E-state index in [0.717, 1.165) is 37.9 Å². The van der Waals surface area contributed by atoms with E-state index in [2.05, 4.69) is 4.98 Å². The number of aromatic nitrogens is 1. The average molecular weight is 304 g/mol. The molecule has 22 heavy (non-hydrogen) atoms. The molecule has 120 valence electrons. The zero-order valence-corrected chi connectivity index (χ0v) is 13.2. The van der Waals surface area contributed by atoms with Gasteiger partial charge in [0.1, 0.15) is 0 Å². The SMILES string of the molecule is CCC(=O)N1CCC[C@]2(C[C@H](OCc3ccncc3)CO2)C1. The summed E-state index contributed by atoms with van der Waals surface area (Å²) in [6.45, 7) is 4.71. The summed E-state index contributed by atoms with van der Waals surface area (Å²) in [5.74, 6) is 0.226. The van der Waals surface area contributed by atoms with Crippen LogP contribution in [0.25, 0.3) is 0 Å². The molecule has 5 nitrogen and oxygen atoms in total. The molecule has 0 aromatic carbocycles. The number of pyridine rings is 1. The molecule has 1 aromatic rings. The number of hydrogen-bond donors (Lipinski definition) is 0. The number of nitrogens with zero attached hydrogens (tertiary/aromatic N) is 2. The fourth-order valence-corrected chi connectivity index (χ4v) is 3.42. The summed E-state index contributed by atoms with van der Waals surface area (Å²) in [6, 6.07) is 3.93. The van der Waals surface area contributed by atoms with Crippen LogP contribution in [0.4, 0.5) is 0 Å². The number of hydrogen-bond acceptors (Lipinski definition) is 4. The third-order valence-corrected chi connectivity index (χ3v) is 4.60. The maximum absolute atomic E-state index is 11.9. The molecular weight excluding hydrogens is 280 g/mol. The van der Waals surface area contributed by atoms with Gasteiger partial charge in [-0.2, -0.15) is 0 Å². The van der Waals surface area contributed by atoms with Gasteiger partial charge in [0.25, 0.3) is 0 Å². The summed E-state index contributed by atoms with van der Waals surface area (Å²) >= 11 is 0. The lowest BCUT2D eigenvalue weighted by Gasteiger charge is -2.39. The Labute approximate surface area is 131 Å². The van der Waals surface area contributed by atoms with Gasteiger partial charge in [-0.15, -0.1) is 0 Å². The highest BCUT2D eigenvalue weighted by molar-refractivity contribution is 5.76. The molecule has 0 unspecified atom stereocenters. The van der Waals surface area contributed by atoms with Crippen molar-refractivity contribution >= 4 is 5.91 Å². The highest BCUT2D eigenvalue weighted by Gasteiger charge is 2.44. The van der Waals surface area contributed by atoms with Crippen LogP contribution in [-0.4, -0.2) is 47.2 Å². The van der Waals surface area contributed by atoms with Crippen molar-refractivity contribution in [2.24, 2.45) is 0 Å². The van der Waals surface area contributed by atoms with E-state index < -0.39 is 0 Å². The van der Waals surface area contributed by atoms with Crippen molar-refractivity contribution < 1.29 is 14.3 Å². The van der Waals surface area contributed by atoms with Crippen molar-refractivity contribution in [1.29, 1.82) is 0 Å². The van der Waals surface area contributed by atoms with Crippen LogP contribution in [0.15, 0.2) is 24.5 Å². The normalized spacial score (nSPS) is 28.2. The Hall–Kier alpha value is -1.46. The zero-order valence-electron chi connectivity index (χ0n) is 13.2. The Morgan fingerprint density at radius 3 is 3.09 bits per heavy atom. The Balaban J connectivity index is 1.53. The summed E-state index contributed by atoms with van der Waals surface area (Å²) < 4.78 is 12.1. The summed E-state index contributed by atoms with van der Waals surface area (Å²) in [4.78, 5) is 17.9. The van der Waals surface area contributed by atoms with Gasteiger partial charge in [-0.1, -0.05) is 6.92 Å². The standard InChI is InChI=1S/C17H24N2O3/c1-2-16(20)19-9-3-6-17(13-19)10-15(12-22-17)21-11-14-4-7-18-8-5-14/h4-5,7-8,15H,2-3,6,9-13H2,1H3/t15-,17-/m0/s1. The minimum atomic E-state index is -0.189. The molecule has 0 bridgehead atoms. The molecule has 1 aromatic heterocycles. The van der Waals surface area contributed by atoms with Crippen LogP contribution < -0.4 is 0 Å². The molecule has 2 saturated heterocycles. The van der Waals surface area contributed by atoms with Gasteiger partial charge in [-0.25, -0.2) is 0 Å². The number of carbonyl (C=O) groups excluding carboxylic acids is 1. The molecule has 3 rings (SSSR count). The quantitative estimate of drug-likeness (QED) is 0.855. The van der Waals surface area contributed by atoms with Crippen LogP contribution in [0.3, 0.4) is 0 Å². The number of carbonyl (C=O) groups is 1. The molecule has 3 heterocycles. The molecule has 0 aliphatic carbocycles. The van der Waals surface area contributed by atoms with Crippen LogP contribution in [0.1, 0.15) is 38.2 Å². The fraction of sp³-hybridized carbons (Fsp3) is 0.647. The minimum Gasteiger partial charge on any atom is -0.371 e. The van der Waals surface area contributed by atoms with Gasteiger partial charge in [0.15, 0.2) is 0 Å². The number of rotatable bonds is 4. The predicted molar refractivity (Wildman–Crippen MR) is 82.2 cm³/mol. The monoisotopic (exact) mass is 304 g/mol. The van der Waals surface area contributed by atoms with Crippen molar-refractivity contribution in [2.45, 2.75) is 50.9 Å². The third-order valence-electron chi connectivity index (χ3n) is 4.60. The maximum Gasteiger partial charge on any atom is 0.222 e. The number of likely N-dealkylation sites (tertiary alicyclic amines) is 1. The Morgan fingerprint density at radius 1 is 1.50 bits per heavy atom. The molecule has 1 amide bonds. The largest absolute Gasteiger partial charge is 0.371 e. The fourth-order valence-electron chi connectivity index (χ4n) is 3.42. The second-order valence-corrected chi connectivity index (χ2v) is 6.26. The van der Waals surface area contributed by atoms with E-state index in [0.29, 0.717) is 19.6 Å². The summed E-state index contributed by atoms with van der Waals surface area (Å²) in [5.41, 5.74) is 0.939. The van der Waals surface area contributed by atoms with Crippen molar-refractivity contribution in [2.75, 3.05) is 19.7 Å². The van der Waals surface area contributed by atoms with E-state index in [1.54, 1.807) is 12.4 Å². The van der Waals surface area contributed by atoms with Gasteiger partial charge < -0.3 is 14.4 Å². The van der Waals surface area contributed by atoms with E-state index in [4.69, 9.17) is 9.47 Å². The second-order valence-electron chi connectivity index (χ2n) is 6.26. The predicted octanol–water partition coefficient (Wildman–Crippen LogP) is 2.16. The molecule has 2 aliphatic heterocycles. The first kappa shape index (κ1) is 15.4. The van der Waals surface area contributed by atoms with Crippen molar-refractivity contribution in [1.82, 2.24) is 9.88 Å². The van der Waals surface area contributed by atoms with Crippen LogP contribution in [0.5, 0.6) is 0 Å². The average Bonchev–Trinajstić information content (AvgIpc) is 2.95. The Kier molecular flexibility index (Phi) is 4.74. The van der Waals surface area contributed by atoms with Gasteiger partial charge in [-0.3, -0.25) is 9.78 Å². The Bertz CT molecular complexity index is 508. The minimum absolute atomic E-state index is 0.116. The molecule has 1 spiro atoms. The summed E-state index contributed by atoms with van der Waals surface area (Å²) in [7, 11) is 0. The number of ether oxygens (including phenoxy) is 2. The van der Waals surface area contributed by atoms with Gasteiger partial charge >= 0.3 is 0 Å². The van der Waals surface area contributed by atoms with Gasteiger partial charge in [0.2, 0.25) is 5.91 Å². The van der Waals surface area contributed by atoms with Gasteiger partial charge in [0, 0.05) is 38.3 Å². The molecule has 2 atom stereocenters. The lowest BCUT2D eigenvalue weighted by atomic mass is 9.89. The molecule has 2 fully saturated rings. The first-order valence-electron chi connectivity index (χ1n) is 8.13. The van der Waals surface area contributed by atoms with Crippen molar-refractivity contribution in [3.63, 3.8) is 0 Å². The van der Waals surface area contributed by atoms with Crippen LogP contribution in [-0.2, 0) is 20.9 Å². The molecule has 0 saturated carbocycles. The summed E-state index contributed by atoms with van der Waals surface area (Å²) in [5, 5.41) is 0. The van der Waals surface area contributed by atoms with Crippen LogP contribution >= 0.6 is 0 Å².